The molecule has 4 heteroatoms. The first-order valence-electron chi connectivity index (χ1n) is 6.51. The van der Waals surface area contributed by atoms with Crippen LogP contribution in [-0.2, 0) is 11.3 Å². The number of methoxy groups -OCH3 is 1. The van der Waals surface area contributed by atoms with Crippen LogP contribution in [-0.4, -0.2) is 31.1 Å². The zero-order valence-electron chi connectivity index (χ0n) is 11.6. The molecule has 0 saturated carbocycles. The Labute approximate surface area is 117 Å². The molecule has 0 fully saturated rings. The molecule has 0 saturated heterocycles. The SMILES string of the molecule is CCN(CC)Cc1ccc2cc(C(=O)OC)sc2c1. The maximum atomic E-state index is 11.5. The van der Waals surface area contributed by atoms with Crippen molar-refractivity contribution in [3.63, 3.8) is 0 Å². The minimum Gasteiger partial charge on any atom is -0.465 e. The molecule has 1 aromatic heterocycles. The van der Waals surface area contributed by atoms with Gasteiger partial charge in [-0.15, -0.1) is 11.3 Å². The molecule has 2 rings (SSSR count). The second-order valence-electron chi connectivity index (χ2n) is 4.44. The van der Waals surface area contributed by atoms with Crippen LogP contribution in [0.3, 0.4) is 0 Å². The van der Waals surface area contributed by atoms with Crippen LogP contribution in [0.25, 0.3) is 10.1 Å². The maximum Gasteiger partial charge on any atom is 0.348 e. The van der Waals surface area contributed by atoms with Gasteiger partial charge < -0.3 is 4.74 Å². The molecule has 19 heavy (non-hydrogen) atoms. The standard InChI is InChI=1S/C15H19NO2S/c1-4-16(5-2)10-11-6-7-12-9-14(15(17)18-3)19-13(12)8-11/h6-9H,4-5,10H2,1-3H3. The van der Waals surface area contributed by atoms with Gasteiger partial charge in [-0.05, 0) is 36.2 Å². The summed E-state index contributed by atoms with van der Waals surface area (Å²) in [6.07, 6.45) is 0. The highest BCUT2D eigenvalue weighted by Gasteiger charge is 2.11. The number of hydrogen-bond acceptors (Lipinski definition) is 4. The lowest BCUT2D eigenvalue weighted by atomic mass is 10.1. The lowest BCUT2D eigenvalue weighted by Gasteiger charge is -2.17. The molecule has 2 aromatic rings. The van der Waals surface area contributed by atoms with Crippen molar-refractivity contribution in [1.29, 1.82) is 0 Å². The van der Waals surface area contributed by atoms with Crippen molar-refractivity contribution in [3.8, 4) is 0 Å². The van der Waals surface area contributed by atoms with E-state index in [1.54, 1.807) is 0 Å². The topological polar surface area (TPSA) is 29.5 Å². The van der Waals surface area contributed by atoms with E-state index < -0.39 is 0 Å². The Morgan fingerprint density at radius 2 is 2.00 bits per heavy atom. The summed E-state index contributed by atoms with van der Waals surface area (Å²) in [7, 11) is 1.42. The van der Waals surface area contributed by atoms with Crippen molar-refractivity contribution in [3.05, 3.63) is 34.7 Å². The first kappa shape index (κ1) is 14.0. The molecule has 0 radical (unpaired) electrons. The van der Waals surface area contributed by atoms with E-state index in [9.17, 15) is 4.79 Å². The van der Waals surface area contributed by atoms with Crippen LogP contribution in [0.15, 0.2) is 24.3 Å². The minimum atomic E-state index is -0.258. The van der Waals surface area contributed by atoms with Crippen molar-refractivity contribution in [2.75, 3.05) is 20.2 Å². The van der Waals surface area contributed by atoms with Gasteiger partial charge in [-0.2, -0.15) is 0 Å². The summed E-state index contributed by atoms with van der Waals surface area (Å²) in [5, 5.41) is 1.11. The quantitative estimate of drug-likeness (QED) is 0.783. The van der Waals surface area contributed by atoms with Crippen molar-refractivity contribution >= 4 is 27.4 Å². The predicted molar refractivity (Wildman–Crippen MR) is 79.8 cm³/mol. The van der Waals surface area contributed by atoms with E-state index in [0.717, 1.165) is 29.7 Å². The summed E-state index contributed by atoms with van der Waals surface area (Å²) in [6, 6.07) is 8.28. The maximum absolute atomic E-state index is 11.5. The molecule has 0 bridgehead atoms. The molecule has 1 aromatic carbocycles. The van der Waals surface area contributed by atoms with Crippen LogP contribution >= 0.6 is 11.3 Å². The second-order valence-corrected chi connectivity index (χ2v) is 5.52. The van der Waals surface area contributed by atoms with E-state index >= 15 is 0 Å². The van der Waals surface area contributed by atoms with E-state index in [1.165, 1.54) is 24.0 Å². The second kappa shape index (κ2) is 6.17. The molecular weight excluding hydrogens is 258 g/mol. The highest BCUT2D eigenvalue weighted by molar-refractivity contribution is 7.20. The highest BCUT2D eigenvalue weighted by Crippen LogP contribution is 2.27. The molecule has 0 spiro atoms. The van der Waals surface area contributed by atoms with Crippen molar-refractivity contribution in [1.82, 2.24) is 4.90 Å². The van der Waals surface area contributed by atoms with E-state index in [-0.39, 0.29) is 5.97 Å². The molecule has 0 aliphatic rings. The van der Waals surface area contributed by atoms with Crippen LogP contribution < -0.4 is 0 Å². The zero-order valence-corrected chi connectivity index (χ0v) is 12.4. The van der Waals surface area contributed by atoms with Crippen LogP contribution in [0.2, 0.25) is 0 Å². The molecule has 0 N–H and O–H groups in total. The zero-order chi connectivity index (χ0) is 13.8. The van der Waals surface area contributed by atoms with Crippen molar-refractivity contribution in [2.45, 2.75) is 20.4 Å². The smallest absolute Gasteiger partial charge is 0.348 e. The van der Waals surface area contributed by atoms with E-state index in [2.05, 4.69) is 36.9 Å². The van der Waals surface area contributed by atoms with Gasteiger partial charge in [0, 0.05) is 11.2 Å². The number of rotatable bonds is 5. The molecule has 0 unspecified atom stereocenters. The van der Waals surface area contributed by atoms with Gasteiger partial charge in [-0.1, -0.05) is 26.0 Å². The number of benzene rings is 1. The summed E-state index contributed by atoms with van der Waals surface area (Å²) in [5.41, 5.74) is 1.29. The van der Waals surface area contributed by atoms with Crippen LogP contribution in [0.1, 0.15) is 29.1 Å². The molecular formula is C15H19NO2S. The van der Waals surface area contributed by atoms with Gasteiger partial charge in [0.1, 0.15) is 4.88 Å². The average Bonchev–Trinajstić information content (AvgIpc) is 2.86. The highest BCUT2D eigenvalue weighted by atomic mass is 32.1. The van der Waals surface area contributed by atoms with Crippen LogP contribution in [0.5, 0.6) is 0 Å². The lowest BCUT2D eigenvalue weighted by Crippen LogP contribution is -2.21. The minimum absolute atomic E-state index is 0.258. The number of carbonyl (C=O) groups excluding carboxylic acids is 1. The summed E-state index contributed by atoms with van der Waals surface area (Å²) in [6.45, 7) is 7.39. The van der Waals surface area contributed by atoms with E-state index in [0.29, 0.717) is 4.88 Å². The summed E-state index contributed by atoms with van der Waals surface area (Å²) in [5.74, 6) is -0.258. The predicted octanol–water partition coefficient (Wildman–Crippen LogP) is 3.53. The Morgan fingerprint density at radius 1 is 1.26 bits per heavy atom. The van der Waals surface area contributed by atoms with Crippen LogP contribution in [0.4, 0.5) is 0 Å². The van der Waals surface area contributed by atoms with Crippen LogP contribution in [0, 0.1) is 0 Å². The summed E-state index contributed by atoms with van der Waals surface area (Å²) in [4.78, 5) is 14.6. The molecule has 1 heterocycles. The van der Waals surface area contributed by atoms with Gasteiger partial charge >= 0.3 is 5.97 Å². The first-order chi connectivity index (χ1) is 9.17. The number of ether oxygens (including phenoxy) is 1. The monoisotopic (exact) mass is 277 g/mol. The number of esters is 1. The van der Waals surface area contributed by atoms with Gasteiger partial charge in [-0.3, -0.25) is 4.90 Å². The van der Waals surface area contributed by atoms with E-state index in [1.807, 2.05) is 6.07 Å². The summed E-state index contributed by atoms with van der Waals surface area (Å²) >= 11 is 1.49. The Hall–Kier alpha value is -1.39. The van der Waals surface area contributed by atoms with Crippen molar-refractivity contribution in [2.24, 2.45) is 0 Å². The number of thiophene rings is 1. The van der Waals surface area contributed by atoms with Gasteiger partial charge in [0.05, 0.1) is 7.11 Å². The number of carbonyl (C=O) groups is 1. The largest absolute Gasteiger partial charge is 0.465 e. The number of nitrogens with zero attached hydrogens (tertiary/aromatic N) is 1. The van der Waals surface area contributed by atoms with Gasteiger partial charge in [0.2, 0.25) is 0 Å². The van der Waals surface area contributed by atoms with E-state index in [4.69, 9.17) is 4.74 Å². The summed E-state index contributed by atoms with van der Waals surface area (Å²) < 4.78 is 5.90. The number of hydrogen-bond donors (Lipinski definition) is 0. The fraction of sp³-hybridized carbons (Fsp3) is 0.400. The molecule has 0 amide bonds. The fourth-order valence-electron chi connectivity index (χ4n) is 2.08. The van der Waals surface area contributed by atoms with Gasteiger partial charge in [-0.25, -0.2) is 4.79 Å². The molecule has 0 aliphatic carbocycles. The molecule has 3 nitrogen and oxygen atoms in total. The Bertz CT molecular complexity index is 573. The lowest BCUT2D eigenvalue weighted by molar-refractivity contribution is 0.0606. The third kappa shape index (κ3) is 3.14. The molecule has 102 valence electrons. The fourth-order valence-corrected chi connectivity index (χ4v) is 3.13. The number of fused-ring (bicyclic) bond motifs is 1. The van der Waals surface area contributed by atoms with Gasteiger partial charge in [0.15, 0.2) is 0 Å². The Morgan fingerprint density at radius 3 is 2.63 bits per heavy atom. The third-order valence-electron chi connectivity index (χ3n) is 3.27. The van der Waals surface area contributed by atoms with Crippen molar-refractivity contribution < 1.29 is 9.53 Å². The molecule has 0 atom stereocenters. The Balaban J connectivity index is 2.27. The third-order valence-corrected chi connectivity index (χ3v) is 4.35. The molecule has 0 aliphatic heterocycles. The normalized spacial score (nSPS) is 11.2. The first-order valence-corrected chi connectivity index (χ1v) is 7.32. The van der Waals surface area contributed by atoms with Gasteiger partial charge in [0.25, 0.3) is 0 Å². The average molecular weight is 277 g/mol. The Kier molecular flexibility index (Phi) is 4.56.